The lowest BCUT2D eigenvalue weighted by Crippen LogP contribution is -2.52. The second-order valence-corrected chi connectivity index (χ2v) is 12.2. The van der Waals surface area contributed by atoms with Gasteiger partial charge in [-0.2, -0.15) is 5.21 Å². The lowest BCUT2D eigenvalue weighted by molar-refractivity contribution is -0.127. The standard InChI is InChI=1S/C34H43N9O3.ClH/c1-42(2)18-3-19-46-31-17-14-28(22-37-31)25-8-4-23(5-9-25)20-30(32(36)44)43(34(45)27-10-6-24(21-35)7-11-27)29-15-12-26(13-16-29)33-38-40-41-39-33;/h4-5,8-9,12-17,22,24,27,30H,3,6-7,10-11,18-21,35H2,1-2H3,(H2,36,44)(H,38,39,40,41);1H/t24?,27?,30-;/m0./s1. The molecule has 2 amide bonds. The Balaban J connectivity index is 0.00000500. The summed E-state index contributed by atoms with van der Waals surface area (Å²) >= 11 is 0. The SMILES string of the molecule is CN(C)CCCOc1ccc(-c2ccc(C[C@@H](C(N)=O)N(C(=O)C3CCC(CN)CC3)c3ccc(-c4nn[nH]n4)cc3)cc2)cn1.Cl. The topological polar surface area (TPSA) is 169 Å². The molecule has 12 nitrogen and oxygen atoms in total. The summed E-state index contributed by atoms with van der Waals surface area (Å²) in [6.45, 7) is 2.18. The Morgan fingerprint density at radius 2 is 1.64 bits per heavy atom. The number of amides is 2. The van der Waals surface area contributed by atoms with Crippen molar-refractivity contribution < 1.29 is 14.3 Å². The van der Waals surface area contributed by atoms with Crippen molar-refractivity contribution in [2.45, 2.75) is 44.6 Å². The van der Waals surface area contributed by atoms with Crippen molar-refractivity contribution >= 4 is 29.9 Å². The number of aromatic amines is 1. The Morgan fingerprint density at radius 3 is 2.21 bits per heavy atom. The van der Waals surface area contributed by atoms with Gasteiger partial charge in [-0.05, 0) is 105 Å². The first-order valence-corrected chi connectivity index (χ1v) is 15.8. The third-order valence-corrected chi connectivity index (χ3v) is 8.61. The Hall–Kier alpha value is -4.39. The van der Waals surface area contributed by atoms with Crippen LogP contribution in [0.3, 0.4) is 0 Å². The summed E-state index contributed by atoms with van der Waals surface area (Å²) in [6.07, 6.45) is 6.22. The van der Waals surface area contributed by atoms with E-state index in [2.05, 4.69) is 30.5 Å². The molecule has 0 spiro atoms. The zero-order valence-electron chi connectivity index (χ0n) is 26.9. The zero-order chi connectivity index (χ0) is 32.5. The highest BCUT2D eigenvalue weighted by Crippen LogP contribution is 2.33. The maximum Gasteiger partial charge on any atom is 0.240 e. The molecule has 13 heteroatoms. The van der Waals surface area contributed by atoms with Crippen molar-refractivity contribution in [3.05, 3.63) is 72.4 Å². The number of carbonyl (C=O) groups is 2. The smallest absolute Gasteiger partial charge is 0.240 e. The van der Waals surface area contributed by atoms with E-state index in [-0.39, 0.29) is 30.7 Å². The highest BCUT2D eigenvalue weighted by atomic mass is 35.5. The van der Waals surface area contributed by atoms with Gasteiger partial charge >= 0.3 is 0 Å². The molecule has 1 aliphatic carbocycles. The van der Waals surface area contributed by atoms with E-state index >= 15 is 0 Å². The van der Waals surface area contributed by atoms with Gasteiger partial charge in [-0.15, -0.1) is 22.6 Å². The largest absolute Gasteiger partial charge is 0.478 e. The van der Waals surface area contributed by atoms with E-state index in [0.717, 1.165) is 60.9 Å². The van der Waals surface area contributed by atoms with Gasteiger partial charge in [0, 0.05) is 48.0 Å². The van der Waals surface area contributed by atoms with Crippen LogP contribution in [0.1, 0.15) is 37.7 Å². The summed E-state index contributed by atoms with van der Waals surface area (Å²) in [5, 5.41) is 14.1. The minimum atomic E-state index is -0.882. The molecule has 4 aromatic rings. The van der Waals surface area contributed by atoms with Crippen LogP contribution in [0.15, 0.2) is 66.9 Å². The van der Waals surface area contributed by atoms with Crippen LogP contribution in [-0.4, -0.2) is 82.2 Å². The zero-order valence-corrected chi connectivity index (χ0v) is 27.7. The van der Waals surface area contributed by atoms with Crippen molar-refractivity contribution in [1.29, 1.82) is 0 Å². The van der Waals surface area contributed by atoms with Crippen LogP contribution >= 0.6 is 12.4 Å². The lowest BCUT2D eigenvalue weighted by atomic mass is 9.81. The van der Waals surface area contributed by atoms with Gasteiger partial charge in [-0.1, -0.05) is 24.3 Å². The number of pyridine rings is 1. The van der Waals surface area contributed by atoms with Crippen molar-refractivity contribution in [3.8, 4) is 28.4 Å². The molecule has 2 aromatic carbocycles. The van der Waals surface area contributed by atoms with E-state index in [1.54, 1.807) is 23.2 Å². The van der Waals surface area contributed by atoms with Crippen LogP contribution in [-0.2, 0) is 16.0 Å². The Kier molecular flexibility index (Phi) is 12.8. The number of aromatic nitrogens is 5. The molecule has 2 heterocycles. The number of carbonyl (C=O) groups excluding carboxylic acids is 2. The van der Waals surface area contributed by atoms with Crippen LogP contribution in [0.25, 0.3) is 22.5 Å². The summed E-state index contributed by atoms with van der Waals surface area (Å²) in [5.41, 5.74) is 16.1. The highest BCUT2D eigenvalue weighted by Gasteiger charge is 2.36. The lowest BCUT2D eigenvalue weighted by Gasteiger charge is -2.35. The minimum Gasteiger partial charge on any atom is -0.478 e. The second-order valence-electron chi connectivity index (χ2n) is 12.2. The van der Waals surface area contributed by atoms with E-state index in [1.807, 2.05) is 62.6 Å². The molecule has 0 saturated heterocycles. The second kappa shape index (κ2) is 17.0. The predicted octanol–water partition coefficient (Wildman–Crippen LogP) is 3.88. The van der Waals surface area contributed by atoms with E-state index in [0.29, 0.717) is 36.5 Å². The molecular formula is C34H44ClN9O3. The van der Waals surface area contributed by atoms with Crippen LogP contribution in [0, 0.1) is 11.8 Å². The molecule has 1 saturated carbocycles. The molecule has 2 aromatic heterocycles. The summed E-state index contributed by atoms with van der Waals surface area (Å²) in [6, 6.07) is 18.1. The first-order valence-electron chi connectivity index (χ1n) is 15.8. The molecule has 0 aliphatic heterocycles. The molecule has 250 valence electrons. The van der Waals surface area contributed by atoms with Crippen molar-refractivity contribution in [3.63, 3.8) is 0 Å². The maximum atomic E-state index is 14.2. The number of nitrogens with zero attached hydrogens (tertiary/aromatic N) is 6. The van der Waals surface area contributed by atoms with E-state index < -0.39 is 11.9 Å². The number of hydrogen-bond donors (Lipinski definition) is 3. The number of tetrazole rings is 1. The number of halogens is 1. The van der Waals surface area contributed by atoms with Gasteiger partial charge in [0.2, 0.25) is 23.5 Å². The number of rotatable bonds is 14. The van der Waals surface area contributed by atoms with Gasteiger partial charge < -0.3 is 21.1 Å². The van der Waals surface area contributed by atoms with Crippen LogP contribution < -0.4 is 21.1 Å². The quantitative estimate of drug-likeness (QED) is 0.170. The van der Waals surface area contributed by atoms with Crippen molar-refractivity contribution in [2.75, 3.05) is 38.7 Å². The molecule has 0 bridgehead atoms. The fraction of sp³-hybridized carbons (Fsp3) is 0.412. The van der Waals surface area contributed by atoms with Gasteiger partial charge in [-0.3, -0.25) is 14.5 Å². The number of ether oxygens (including phenoxy) is 1. The monoisotopic (exact) mass is 661 g/mol. The number of primary amides is 1. The summed E-state index contributed by atoms with van der Waals surface area (Å²) < 4.78 is 5.76. The number of H-pyrrole nitrogens is 1. The van der Waals surface area contributed by atoms with Crippen molar-refractivity contribution in [2.24, 2.45) is 23.3 Å². The Bertz CT molecular complexity index is 1540. The van der Waals surface area contributed by atoms with Gasteiger partial charge in [0.05, 0.1) is 6.61 Å². The van der Waals surface area contributed by atoms with E-state index in [1.165, 1.54) is 0 Å². The molecule has 1 atom stereocenters. The Morgan fingerprint density at radius 1 is 0.957 bits per heavy atom. The van der Waals surface area contributed by atoms with Gasteiger partial charge in [0.25, 0.3) is 0 Å². The third kappa shape index (κ3) is 9.34. The minimum absolute atomic E-state index is 0. The predicted molar refractivity (Wildman–Crippen MR) is 184 cm³/mol. The molecule has 47 heavy (non-hydrogen) atoms. The van der Waals surface area contributed by atoms with Crippen LogP contribution in [0.5, 0.6) is 5.88 Å². The van der Waals surface area contributed by atoms with Gasteiger partial charge in [-0.25, -0.2) is 4.98 Å². The fourth-order valence-electron chi connectivity index (χ4n) is 5.93. The number of nitrogens with two attached hydrogens (primary N) is 2. The average molecular weight is 662 g/mol. The summed E-state index contributed by atoms with van der Waals surface area (Å²) in [5.74, 6) is 0.572. The molecule has 5 N–H and O–H groups in total. The molecule has 1 aliphatic rings. The normalized spacial score (nSPS) is 16.7. The first-order chi connectivity index (χ1) is 22.3. The molecule has 0 radical (unpaired) electrons. The fourth-order valence-corrected chi connectivity index (χ4v) is 5.93. The van der Waals surface area contributed by atoms with Crippen LogP contribution in [0.4, 0.5) is 5.69 Å². The number of benzene rings is 2. The maximum absolute atomic E-state index is 14.2. The van der Waals surface area contributed by atoms with E-state index in [4.69, 9.17) is 16.2 Å². The number of anilines is 1. The summed E-state index contributed by atoms with van der Waals surface area (Å²) in [7, 11) is 4.07. The molecule has 5 rings (SSSR count). The third-order valence-electron chi connectivity index (χ3n) is 8.61. The molecule has 1 fully saturated rings. The molecule has 0 unspecified atom stereocenters. The number of hydrogen-bond acceptors (Lipinski definition) is 9. The Labute approximate surface area is 281 Å². The van der Waals surface area contributed by atoms with Gasteiger partial charge in [0.15, 0.2) is 0 Å². The highest BCUT2D eigenvalue weighted by molar-refractivity contribution is 6.01. The van der Waals surface area contributed by atoms with Gasteiger partial charge in [0.1, 0.15) is 6.04 Å². The first kappa shape index (κ1) is 35.5. The van der Waals surface area contributed by atoms with E-state index in [9.17, 15) is 9.59 Å². The van der Waals surface area contributed by atoms with Crippen molar-refractivity contribution in [1.82, 2.24) is 30.5 Å². The van der Waals surface area contributed by atoms with Crippen LogP contribution in [0.2, 0.25) is 0 Å². The average Bonchev–Trinajstić information content (AvgIpc) is 3.62. The number of nitrogens with one attached hydrogen (secondary N) is 1. The molecular weight excluding hydrogens is 618 g/mol. The summed E-state index contributed by atoms with van der Waals surface area (Å²) in [4.78, 5) is 35.4.